The Bertz CT molecular complexity index is 645. The van der Waals surface area contributed by atoms with Crippen molar-refractivity contribution in [2.75, 3.05) is 11.5 Å². The third-order valence-electron chi connectivity index (χ3n) is 3.91. The Morgan fingerprint density at radius 3 is 2.88 bits per heavy atom. The second-order valence-corrected chi connectivity index (χ2v) is 7.26. The van der Waals surface area contributed by atoms with Crippen molar-refractivity contribution in [3.63, 3.8) is 0 Å². The Kier molecular flexibility index (Phi) is 7.79. The number of rotatable bonds is 10. The van der Waals surface area contributed by atoms with Crippen LogP contribution in [-0.2, 0) is 4.79 Å². The molecule has 2 aromatic heterocycles. The smallest absolute Gasteiger partial charge is 0.155 e. The first kappa shape index (κ1) is 19.0. The van der Waals surface area contributed by atoms with Gasteiger partial charge in [-0.2, -0.15) is 16.9 Å². The molecular weight excluding hydrogens is 342 g/mol. The Hall–Kier alpha value is -1.33. The van der Waals surface area contributed by atoms with Gasteiger partial charge in [0.25, 0.3) is 0 Å². The summed E-state index contributed by atoms with van der Waals surface area (Å²) in [6.45, 7) is 4.20. The Morgan fingerprint density at radius 2 is 2.21 bits per heavy atom. The molecule has 0 N–H and O–H groups in total. The van der Waals surface area contributed by atoms with Gasteiger partial charge in [0.2, 0.25) is 0 Å². The van der Waals surface area contributed by atoms with Crippen molar-refractivity contribution < 1.29 is 4.79 Å². The molecule has 0 spiro atoms. The quantitative estimate of drug-likeness (QED) is 0.561. The molecule has 1 unspecified atom stereocenters. The first-order valence-electron chi connectivity index (χ1n) is 8.43. The summed E-state index contributed by atoms with van der Waals surface area (Å²) in [5.74, 6) is 2.06. The van der Waals surface area contributed by atoms with Crippen LogP contribution in [0, 0.1) is 0 Å². The first-order valence-corrected chi connectivity index (χ1v) is 9.96. The third kappa shape index (κ3) is 5.08. The zero-order chi connectivity index (χ0) is 17.4. The van der Waals surface area contributed by atoms with E-state index in [2.05, 4.69) is 17.0 Å². The number of Topliss-reactive ketones (excluding diaryl/α,β-unsaturated/α-hetero) is 1. The largest absolute Gasteiger partial charge is 0.299 e. The maximum atomic E-state index is 12.6. The normalized spacial score (nSPS) is 12.3. The standard InChI is InChI=1S/C18H24ClN3OS/c1-3-5-10-24-11-8-17(23)15(4-2)16-13-22(21-18(16)19)14-7-6-9-20-12-14/h6-7,9,12-13,15H,3-5,8,10-11H2,1-2H3. The van der Waals surface area contributed by atoms with Gasteiger partial charge >= 0.3 is 0 Å². The van der Waals surface area contributed by atoms with Crippen molar-refractivity contribution in [1.82, 2.24) is 14.8 Å². The molecule has 0 saturated carbocycles. The fourth-order valence-electron chi connectivity index (χ4n) is 2.54. The molecule has 6 heteroatoms. The first-order chi connectivity index (χ1) is 11.7. The second-order valence-electron chi connectivity index (χ2n) is 5.67. The molecule has 24 heavy (non-hydrogen) atoms. The summed E-state index contributed by atoms with van der Waals surface area (Å²) in [7, 11) is 0. The minimum atomic E-state index is -0.185. The van der Waals surface area contributed by atoms with Crippen LogP contribution in [0.4, 0.5) is 0 Å². The molecule has 4 nitrogen and oxygen atoms in total. The molecule has 0 saturated heterocycles. The van der Waals surface area contributed by atoms with Gasteiger partial charge in [-0.05, 0) is 30.7 Å². The topological polar surface area (TPSA) is 47.8 Å². The molecule has 0 aromatic carbocycles. The SMILES string of the molecule is CCCCSCCC(=O)C(CC)c1cn(-c2cccnc2)nc1Cl. The van der Waals surface area contributed by atoms with Gasteiger partial charge in [-0.15, -0.1) is 0 Å². The van der Waals surface area contributed by atoms with Gasteiger partial charge in [0, 0.05) is 36.0 Å². The molecular formula is C18H24ClN3OS. The molecule has 0 aliphatic rings. The number of pyridine rings is 1. The van der Waals surface area contributed by atoms with E-state index in [1.807, 2.05) is 37.0 Å². The van der Waals surface area contributed by atoms with Gasteiger partial charge in [0.1, 0.15) is 5.78 Å². The molecule has 2 rings (SSSR count). The maximum absolute atomic E-state index is 12.6. The van der Waals surface area contributed by atoms with Crippen molar-refractivity contribution in [2.24, 2.45) is 0 Å². The average molecular weight is 366 g/mol. The number of nitrogens with zero attached hydrogens (tertiary/aromatic N) is 3. The van der Waals surface area contributed by atoms with Crippen LogP contribution in [-0.4, -0.2) is 32.1 Å². The van der Waals surface area contributed by atoms with Gasteiger partial charge in [0.15, 0.2) is 5.15 Å². The van der Waals surface area contributed by atoms with Gasteiger partial charge < -0.3 is 0 Å². The third-order valence-corrected chi connectivity index (χ3v) is 5.28. The highest BCUT2D eigenvalue weighted by molar-refractivity contribution is 7.99. The molecule has 0 bridgehead atoms. The highest BCUT2D eigenvalue weighted by Gasteiger charge is 2.23. The van der Waals surface area contributed by atoms with E-state index in [1.54, 1.807) is 17.1 Å². The molecule has 0 fully saturated rings. The summed E-state index contributed by atoms with van der Waals surface area (Å²) >= 11 is 8.16. The molecule has 130 valence electrons. The van der Waals surface area contributed by atoms with Crippen LogP contribution in [0.5, 0.6) is 0 Å². The lowest BCUT2D eigenvalue weighted by Crippen LogP contribution is -2.12. The fraction of sp³-hybridized carbons (Fsp3) is 0.500. The van der Waals surface area contributed by atoms with Crippen molar-refractivity contribution >= 4 is 29.1 Å². The van der Waals surface area contributed by atoms with Crippen LogP contribution in [0.3, 0.4) is 0 Å². The average Bonchev–Trinajstić information content (AvgIpc) is 2.98. The number of unbranched alkanes of at least 4 members (excludes halogenated alkanes) is 1. The maximum Gasteiger partial charge on any atom is 0.155 e. The lowest BCUT2D eigenvalue weighted by Gasteiger charge is -2.12. The number of hydrogen-bond acceptors (Lipinski definition) is 4. The van der Waals surface area contributed by atoms with Crippen LogP contribution in [0.2, 0.25) is 5.15 Å². The van der Waals surface area contributed by atoms with Crippen LogP contribution in [0.1, 0.15) is 51.0 Å². The van der Waals surface area contributed by atoms with Crippen molar-refractivity contribution in [1.29, 1.82) is 0 Å². The summed E-state index contributed by atoms with van der Waals surface area (Å²) in [5.41, 5.74) is 1.65. The monoisotopic (exact) mass is 365 g/mol. The van der Waals surface area contributed by atoms with E-state index in [-0.39, 0.29) is 11.7 Å². The van der Waals surface area contributed by atoms with E-state index in [9.17, 15) is 4.79 Å². The number of thioether (sulfide) groups is 1. The van der Waals surface area contributed by atoms with E-state index in [1.165, 1.54) is 12.8 Å². The summed E-state index contributed by atoms with van der Waals surface area (Å²) in [4.78, 5) is 16.7. The van der Waals surface area contributed by atoms with Gasteiger partial charge in [0.05, 0.1) is 11.9 Å². The Morgan fingerprint density at radius 1 is 1.38 bits per heavy atom. The zero-order valence-corrected chi connectivity index (χ0v) is 15.8. The highest BCUT2D eigenvalue weighted by atomic mass is 35.5. The minimum Gasteiger partial charge on any atom is -0.299 e. The molecule has 1 atom stereocenters. The molecule has 0 radical (unpaired) electrons. The number of carbonyl (C=O) groups is 1. The minimum absolute atomic E-state index is 0.185. The van der Waals surface area contributed by atoms with E-state index in [0.29, 0.717) is 11.6 Å². The van der Waals surface area contributed by atoms with Crippen LogP contribution in [0.15, 0.2) is 30.7 Å². The van der Waals surface area contributed by atoms with E-state index in [0.717, 1.165) is 29.2 Å². The van der Waals surface area contributed by atoms with Crippen LogP contribution in [0.25, 0.3) is 5.69 Å². The number of ketones is 1. The van der Waals surface area contributed by atoms with E-state index < -0.39 is 0 Å². The lowest BCUT2D eigenvalue weighted by atomic mass is 9.93. The predicted octanol–water partition coefficient (Wildman–Crippen LogP) is 4.91. The summed E-state index contributed by atoms with van der Waals surface area (Å²) in [6.07, 6.45) is 9.01. The van der Waals surface area contributed by atoms with Crippen LogP contribution < -0.4 is 0 Å². The molecule has 2 heterocycles. The highest BCUT2D eigenvalue weighted by Crippen LogP contribution is 2.29. The van der Waals surface area contributed by atoms with Crippen molar-refractivity contribution in [3.05, 3.63) is 41.4 Å². The molecule has 2 aromatic rings. The molecule has 0 amide bonds. The zero-order valence-electron chi connectivity index (χ0n) is 14.2. The number of halogens is 1. The van der Waals surface area contributed by atoms with Crippen LogP contribution >= 0.6 is 23.4 Å². The van der Waals surface area contributed by atoms with Crippen molar-refractivity contribution in [3.8, 4) is 5.69 Å². The van der Waals surface area contributed by atoms with Crippen molar-refractivity contribution in [2.45, 2.75) is 45.4 Å². The molecule has 0 aliphatic heterocycles. The van der Waals surface area contributed by atoms with Gasteiger partial charge in [-0.1, -0.05) is 31.9 Å². The number of aromatic nitrogens is 3. The summed E-state index contributed by atoms with van der Waals surface area (Å²) < 4.78 is 1.69. The van der Waals surface area contributed by atoms with E-state index in [4.69, 9.17) is 11.6 Å². The molecule has 0 aliphatic carbocycles. The van der Waals surface area contributed by atoms with Gasteiger partial charge in [-0.25, -0.2) is 4.68 Å². The summed E-state index contributed by atoms with van der Waals surface area (Å²) in [5, 5.41) is 4.74. The Labute approximate surface area is 153 Å². The predicted molar refractivity (Wildman–Crippen MR) is 101 cm³/mol. The number of hydrogen-bond donors (Lipinski definition) is 0. The summed E-state index contributed by atoms with van der Waals surface area (Å²) in [6, 6.07) is 3.76. The fourth-order valence-corrected chi connectivity index (χ4v) is 3.84. The lowest BCUT2D eigenvalue weighted by molar-refractivity contribution is -0.120. The van der Waals surface area contributed by atoms with Gasteiger partial charge in [-0.3, -0.25) is 9.78 Å². The van der Waals surface area contributed by atoms with E-state index >= 15 is 0 Å². The number of carbonyl (C=O) groups excluding carboxylic acids is 1. The second kappa shape index (κ2) is 9.84. The Balaban J connectivity index is 2.04.